The van der Waals surface area contributed by atoms with Crippen molar-refractivity contribution in [1.29, 1.82) is 0 Å². The van der Waals surface area contributed by atoms with E-state index in [1.165, 1.54) is 0 Å². The van der Waals surface area contributed by atoms with Crippen LogP contribution >= 0.6 is 0 Å². The Morgan fingerprint density at radius 3 is 2.62 bits per heavy atom. The number of aromatic nitrogens is 1. The van der Waals surface area contributed by atoms with Gasteiger partial charge in [0.2, 0.25) is 11.8 Å². The van der Waals surface area contributed by atoms with E-state index in [1.807, 2.05) is 37.3 Å². The molecule has 0 radical (unpaired) electrons. The summed E-state index contributed by atoms with van der Waals surface area (Å²) < 4.78 is 10.6. The molecule has 29 heavy (non-hydrogen) atoms. The summed E-state index contributed by atoms with van der Waals surface area (Å²) in [6.45, 7) is 2.94. The lowest BCUT2D eigenvalue weighted by molar-refractivity contribution is -0.129. The molecule has 7 nitrogen and oxygen atoms in total. The highest BCUT2D eigenvalue weighted by atomic mass is 16.5. The van der Waals surface area contributed by atoms with Gasteiger partial charge in [0, 0.05) is 31.9 Å². The molecule has 1 N–H and O–H groups in total. The minimum atomic E-state index is -0.322. The number of hydrogen-bond acceptors (Lipinski definition) is 5. The van der Waals surface area contributed by atoms with Gasteiger partial charge in [-0.25, -0.2) is 0 Å². The Bertz CT molecular complexity index is 856. The summed E-state index contributed by atoms with van der Waals surface area (Å²) >= 11 is 0. The molecule has 2 aromatic rings. The molecule has 1 aliphatic rings. The summed E-state index contributed by atoms with van der Waals surface area (Å²) in [5.74, 6) is 0.948. The van der Waals surface area contributed by atoms with Crippen LogP contribution in [0.3, 0.4) is 0 Å². The zero-order valence-electron chi connectivity index (χ0n) is 17.1. The molecule has 2 amide bonds. The van der Waals surface area contributed by atoms with E-state index in [0.29, 0.717) is 31.0 Å². The number of nitrogens with one attached hydrogen (secondary N) is 1. The summed E-state index contributed by atoms with van der Waals surface area (Å²) in [5.41, 5.74) is 2.04. The Hall–Kier alpha value is -3.09. The van der Waals surface area contributed by atoms with E-state index < -0.39 is 0 Å². The lowest BCUT2D eigenvalue weighted by atomic mass is 10.1. The fourth-order valence-electron chi connectivity index (χ4n) is 3.53. The predicted octanol–water partition coefficient (Wildman–Crippen LogP) is 2.37. The minimum Gasteiger partial charge on any atom is -0.493 e. The van der Waals surface area contributed by atoms with Crippen molar-refractivity contribution in [2.75, 3.05) is 27.3 Å². The van der Waals surface area contributed by atoms with Gasteiger partial charge in [-0.2, -0.15) is 0 Å². The van der Waals surface area contributed by atoms with Crippen molar-refractivity contribution in [2.24, 2.45) is 5.92 Å². The number of carbonyl (C=O) groups is 2. The van der Waals surface area contributed by atoms with Crippen molar-refractivity contribution in [3.8, 4) is 11.5 Å². The van der Waals surface area contributed by atoms with E-state index in [4.69, 9.17) is 9.47 Å². The summed E-state index contributed by atoms with van der Waals surface area (Å²) in [6, 6.07) is 9.36. The minimum absolute atomic E-state index is 0.0159. The molecule has 2 heterocycles. The second-order valence-electron chi connectivity index (χ2n) is 7.19. The molecule has 7 heteroatoms. The van der Waals surface area contributed by atoms with Crippen molar-refractivity contribution in [2.45, 2.75) is 25.8 Å². The van der Waals surface area contributed by atoms with E-state index in [9.17, 15) is 9.59 Å². The van der Waals surface area contributed by atoms with Crippen molar-refractivity contribution >= 4 is 11.8 Å². The van der Waals surface area contributed by atoms with Gasteiger partial charge in [-0.05, 0) is 48.7 Å². The number of benzene rings is 1. The molecular weight excluding hydrogens is 370 g/mol. The van der Waals surface area contributed by atoms with E-state index in [2.05, 4.69) is 10.3 Å². The topological polar surface area (TPSA) is 80.8 Å². The van der Waals surface area contributed by atoms with Crippen LogP contribution in [-0.2, 0) is 16.0 Å². The molecule has 0 unspecified atom stereocenters. The molecular formula is C22H27N3O4. The van der Waals surface area contributed by atoms with Crippen molar-refractivity contribution in [1.82, 2.24) is 15.2 Å². The van der Waals surface area contributed by atoms with Crippen LogP contribution < -0.4 is 14.8 Å². The fourth-order valence-corrected chi connectivity index (χ4v) is 3.53. The Kier molecular flexibility index (Phi) is 6.69. The molecule has 1 aromatic heterocycles. The largest absolute Gasteiger partial charge is 0.493 e. The first kappa shape index (κ1) is 20.6. The predicted molar refractivity (Wildman–Crippen MR) is 109 cm³/mol. The average Bonchev–Trinajstić information content (AvgIpc) is 3.13. The van der Waals surface area contributed by atoms with Gasteiger partial charge < -0.3 is 19.7 Å². The normalized spacial score (nSPS) is 17.1. The quantitative estimate of drug-likeness (QED) is 0.740. The number of likely N-dealkylation sites (tertiary alicyclic amines) is 1. The Balaban J connectivity index is 1.54. The van der Waals surface area contributed by atoms with Crippen molar-refractivity contribution in [3.05, 3.63) is 53.9 Å². The number of pyridine rings is 1. The third kappa shape index (κ3) is 5.04. The van der Waals surface area contributed by atoms with Crippen molar-refractivity contribution in [3.63, 3.8) is 0 Å². The molecule has 1 aromatic carbocycles. The van der Waals surface area contributed by atoms with E-state index in [1.54, 1.807) is 31.5 Å². The van der Waals surface area contributed by atoms with Gasteiger partial charge in [0.1, 0.15) is 0 Å². The number of nitrogens with zero attached hydrogens (tertiary/aromatic N) is 2. The molecule has 1 aliphatic heterocycles. The van der Waals surface area contributed by atoms with Crippen LogP contribution in [0.2, 0.25) is 0 Å². The van der Waals surface area contributed by atoms with Crippen LogP contribution in [0.1, 0.15) is 30.5 Å². The lowest BCUT2D eigenvalue weighted by Gasteiger charge is -2.19. The summed E-state index contributed by atoms with van der Waals surface area (Å²) in [5, 5.41) is 3.00. The molecule has 1 fully saturated rings. The zero-order valence-corrected chi connectivity index (χ0v) is 17.1. The summed E-state index contributed by atoms with van der Waals surface area (Å²) in [6.07, 6.45) is 4.34. The maximum atomic E-state index is 12.6. The monoisotopic (exact) mass is 397 g/mol. The molecule has 2 atom stereocenters. The third-order valence-corrected chi connectivity index (χ3v) is 5.27. The molecule has 0 aliphatic carbocycles. The number of amides is 2. The lowest BCUT2D eigenvalue weighted by Crippen LogP contribution is -2.35. The highest BCUT2D eigenvalue weighted by Gasteiger charge is 2.34. The molecule has 0 bridgehead atoms. The van der Waals surface area contributed by atoms with Gasteiger partial charge in [0.15, 0.2) is 11.5 Å². The van der Waals surface area contributed by atoms with Gasteiger partial charge in [0.05, 0.1) is 26.2 Å². The second-order valence-corrected chi connectivity index (χ2v) is 7.19. The highest BCUT2D eigenvalue weighted by Crippen LogP contribution is 2.28. The van der Waals surface area contributed by atoms with Crippen molar-refractivity contribution < 1.29 is 19.1 Å². The van der Waals surface area contributed by atoms with Gasteiger partial charge in [-0.15, -0.1) is 0 Å². The van der Waals surface area contributed by atoms with Gasteiger partial charge >= 0.3 is 0 Å². The van der Waals surface area contributed by atoms with Gasteiger partial charge in [-0.1, -0.05) is 6.07 Å². The number of ether oxygens (including phenoxy) is 2. The highest BCUT2D eigenvalue weighted by molar-refractivity contribution is 5.89. The third-order valence-electron chi connectivity index (χ3n) is 5.27. The molecule has 0 spiro atoms. The van der Waals surface area contributed by atoms with E-state index in [0.717, 1.165) is 11.1 Å². The first-order valence-electron chi connectivity index (χ1n) is 9.70. The summed E-state index contributed by atoms with van der Waals surface area (Å²) in [4.78, 5) is 30.7. The number of methoxy groups -OCH3 is 2. The maximum absolute atomic E-state index is 12.6. The Morgan fingerprint density at radius 1 is 1.21 bits per heavy atom. The molecule has 154 valence electrons. The fraction of sp³-hybridized carbons (Fsp3) is 0.409. The zero-order chi connectivity index (χ0) is 20.8. The van der Waals surface area contributed by atoms with Gasteiger partial charge in [0.25, 0.3) is 0 Å². The Morgan fingerprint density at radius 2 is 1.93 bits per heavy atom. The van der Waals surface area contributed by atoms with E-state index >= 15 is 0 Å². The van der Waals surface area contributed by atoms with Crippen LogP contribution in [0.25, 0.3) is 0 Å². The second kappa shape index (κ2) is 9.41. The average molecular weight is 397 g/mol. The first-order chi connectivity index (χ1) is 14.0. The van der Waals surface area contributed by atoms with Crippen LogP contribution in [0, 0.1) is 5.92 Å². The van der Waals surface area contributed by atoms with Crippen LogP contribution in [0.15, 0.2) is 42.7 Å². The SMILES string of the molecule is COc1ccc(CCN2C[C@H](C(=O)N[C@@H](C)c3ccncc3)CC2=O)cc1OC. The first-order valence-corrected chi connectivity index (χ1v) is 9.70. The van der Waals surface area contributed by atoms with Crippen LogP contribution in [-0.4, -0.2) is 49.0 Å². The van der Waals surface area contributed by atoms with Gasteiger partial charge in [-0.3, -0.25) is 14.6 Å². The molecule has 3 rings (SSSR count). The van der Waals surface area contributed by atoms with Crippen LogP contribution in [0.4, 0.5) is 0 Å². The standard InChI is InChI=1S/C22H27N3O4/c1-15(17-6-9-23-10-7-17)24-22(27)18-13-21(26)25(14-18)11-8-16-4-5-19(28-2)20(12-16)29-3/h4-7,9-10,12,15,18H,8,11,13-14H2,1-3H3,(H,24,27)/t15-,18+/m0/s1. The molecule has 0 saturated carbocycles. The number of carbonyl (C=O) groups excluding carboxylic acids is 2. The van der Waals surface area contributed by atoms with E-state index in [-0.39, 0.29) is 30.2 Å². The molecule has 1 saturated heterocycles. The Labute approximate surface area is 171 Å². The smallest absolute Gasteiger partial charge is 0.225 e. The number of rotatable bonds is 8. The number of hydrogen-bond donors (Lipinski definition) is 1. The van der Waals surface area contributed by atoms with Crippen LogP contribution in [0.5, 0.6) is 11.5 Å². The summed E-state index contributed by atoms with van der Waals surface area (Å²) in [7, 11) is 3.20. The maximum Gasteiger partial charge on any atom is 0.225 e.